The van der Waals surface area contributed by atoms with E-state index in [9.17, 15) is 4.21 Å². The molecule has 0 amide bonds. The molecule has 1 unspecified atom stereocenters. The smallest absolute Gasteiger partial charge is 0.159 e. The van der Waals surface area contributed by atoms with Gasteiger partial charge in [0.15, 0.2) is 5.17 Å². The van der Waals surface area contributed by atoms with Crippen molar-refractivity contribution in [3.8, 4) is 0 Å². The second kappa shape index (κ2) is 4.99. The molecule has 0 saturated carbocycles. The molecule has 0 aliphatic carbocycles. The van der Waals surface area contributed by atoms with E-state index in [-0.39, 0.29) is 0 Å². The zero-order chi connectivity index (χ0) is 9.97. The molecule has 0 bridgehead atoms. The normalized spacial score (nSPS) is 29.4. The average molecular weight is 297 g/mol. The van der Waals surface area contributed by atoms with Gasteiger partial charge in [0.2, 0.25) is 0 Å². The molecule has 0 radical (unpaired) electrons. The van der Waals surface area contributed by atoms with Crippen molar-refractivity contribution in [1.82, 2.24) is 4.90 Å². The summed E-state index contributed by atoms with van der Waals surface area (Å²) in [6.45, 7) is 2.74. The van der Waals surface area contributed by atoms with Crippen LogP contribution in [-0.4, -0.2) is 56.0 Å². The number of hydrogen-bond acceptors (Lipinski definition) is 4. The lowest BCUT2D eigenvalue weighted by Crippen LogP contribution is -2.40. The predicted molar refractivity (Wildman–Crippen MR) is 66.9 cm³/mol. The molecular formula is C8H13BrN2OS2. The van der Waals surface area contributed by atoms with Crippen molar-refractivity contribution in [1.29, 1.82) is 0 Å². The number of rotatable bonds is 1. The Hall–Kier alpha value is 0.450. The van der Waals surface area contributed by atoms with Gasteiger partial charge >= 0.3 is 0 Å². The summed E-state index contributed by atoms with van der Waals surface area (Å²) in [5.74, 6) is 1.61. The van der Waals surface area contributed by atoms with Gasteiger partial charge in [0.1, 0.15) is 0 Å². The molecule has 14 heavy (non-hydrogen) atoms. The lowest BCUT2D eigenvalue weighted by atomic mass is 10.5. The van der Waals surface area contributed by atoms with Gasteiger partial charge < -0.3 is 4.90 Å². The molecule has 0 aromatic carbocycles. The fourth-order valence-corrected chi connectivity index (χ4v) is 4.13. The standard InChI is InChI=1S/C8H13BrN2OS2/c9-5-7-6-10-8(13-7)11-1-3-14(12)4-2-11/h7H,1-6H2. The van der Waals surface area contributed by atoms with Crippen molar-refractivity contribution in [2.75, 3.05) is 36.5 Å². The van der Waals surface area contributed by atoms with E-state index in [4.69, 9.17) is 0 Å². The number of aliphatic imine (C=N–C) groups is 1. The van der Waals surface area contributed by atoms with Crippen LogP contribution < -0.4 is 0 Å². The summed E-state index contributed by atoms with van der Waals surface area (Å²) in [4.78, 5) is 6.79. The maximum Gasteiger partial charge on any atom is 0.159 e. The Bertz CT molecular complexity index is 262. The lowest BCUT2D eigenvalue weighted by molar-refractivity contribution is 0.463. The van der Waals surface area contributed by atoms with Gasteiger partial charge in [-0.05, 0) is 0 Å². The molecule has 0 spiro atoms. The largest absolute Gasteiger partial charge is 0.350 e. The third-order valence-electron chi connectivity index (χ3n) is 2.32. The molecule has 1 saturated heterocycles. The summed E-state index contributed by atoms with van der Waals surface area (Å²) in [6.07, 6.45) is 0. The first-order valence-electron chi connectivity index (χ1n) is 4.66. The number of nitrogens with zero attached hydrogens (tertiary/aromatic N) is 2. The summed E-state index contributed by atoms with van der Waals surface area (Å²) < 4.78 is 11.2. The van der Waals surface area contributed by atoms with Crippen molar-refractivity contribution in [3.05, 3.63) is 0 Å². The van der Waals surface area contributed by atoms with Gasteiger partial charge in [-0.3, -0.25) is 9.20 Å². The summed E-state index contributed by atoms with van der Waals surface area (Å²) in [7, 11) is -0.587. The van der Waals surface area contributed by atoms with Gasteiger partial charge in [-0.25, -0.2) is 0 Å². The Morgan fingerprint density at radius 2 is 2.29 bits per heavy atom. The molecule has 2 rings (SSSR count). The molecule has 0 N–H and O–H groups in total. The summed E-state index contributed by atoms with van der Waals surface area (Å²) in [5, 5.41) is 2.76. The topological polar surface area (TPSA) is 32.7 Å². The molecule has 80 valence electrons. The number of hydrogen-bond donors (Lipinski definition) is 0. The van der Waals surface area contributed by atoms with Crippen LogP contribution in [-0.2, 0) is 10.8 Å². The molecule has 1 fully saturated rings. The maximum atomic E-state index is 11.2. The van der Waals surface area contributed by atoms with Gasteiger partial charge in [-0.1, -0.05) is 27.7 Å². The van der Waals surface area contributed by atoms with E-state index in [1.807, 2.05) is 11.8 Å². The fourth-order valence-electron chi connectivity index (χ4n) is 1.49. The van der Waals surface area contributed by atoms with Crippen molar-refractivity contribution in [3.63, 3.8) is 0 Å². The molecule has 1 atom stereocenters. The first kappa shape index (κ1) is 11.0. The van der Waals surface area contributed by atoms with Gasteiger partial charge in [-0.15, -0.1) is 0 Å². The van der Waals surface area contributed by atoms with Crippen molar-refractivity contribution < 1.29 is 4.21 Å². The Kier molecular flexibility index (Phi) is 3.90. The van der Waals surface area contributed by atoms with Crippen LogP contribution in [0.25, 0.3) is 0 Å². The third-order valence-corrected chi connectivity index (χ3v) is 6.06. The van der Waals surface area contributed by atoms with Crippen LogP contribution in [0, 0.1) is 0 Å². The first-order chi connectivity index (χ1) is 6.79. The van der Waals surface area contributed by atoms with E-state index < -0.39 is 10.8 Å². The highest BCUT2D eigenvalue weighted by molar-refractivity contribution is 9.09. The number of alkyl halides is 1. The van der Waals surface area contributed by atoms with Crippen molar-refractivity contribution in [2.45, 2.75) is 5.25 Å². The van der Waals surface area contributed by atoms with Crippen LogP contribution in [0.4, 0.5) is 0 Å². The number of amidine groups is 1. The maximum absolute atomic E-state index is 11.2. The van der Waals surface area contributed by atoms with Gasteiger partial charge in [0, 0.05) is 46.0 Å². The van der Waals surface area contributed by atoms with E-state index in [2.05, 4.69) is 25.8 Å². The lowest BCUT2D eigenvalue weighted by Gasteiger charge is -2.27. The summed E-state index contributed by atoms with van der Waals surface area (Å²) >= 11 is 5.32. The van der Waals surface area contributed by atoms with Crippen LogP contribution >= 0.6 is 27.7 Å². The summed E-state index contributed by atoms with van der Waals surface area (Å²) in [5.41, 5.74) is 0. The van der Waals surface area contributed by atoms with Crippen LogP contribution in [0.3, 0.4) is 0 Å². The molecular weight excluding hydrogens is 284 g/mol. The molecule has 2 aliphatic rings. The van der Waals surface area contributed by atoms with Crippen molar-refractivity contribution in [2.24, 2.45) is 4.99 Å². The average Bonchev–Trinajstić information content (AvgIpc) is 2.67. The van der Waals surface area contributed by atoms with Gasteiger partial charge in [0.25, 0.3) is 0 Å². The molecule has 3 nitrogen and oxygen atoms in total. The highest BCUT2D eigenvalue weighted by Crippen LogP contribution is 2.25. The van der Waals surface area contributed by atoms with Crippen LogP contribution in [0.15, 0.2) is 4.99 Å². The van der Waals surface area contributed by atoms with Gasteiger partial charge in [-0.2, -0.15) is 0 Å². The zero-order valence-electron chi connectivity index (χ0n) is 7.82. The monoisotopic (exact) mass is 296 g/mol. The van der Waals surface area contributed by atoms with E-state index >= 15 is 0 Å². The zero-order valence-corrected chi connectivity index (χ0v) is 11.0. The minimum atomic E-state index is -0.587. The second-order valence-electron chi connectivity index (χ2n) is 3.35. The quantitative estimate of drug-likeness (QED) is 0.675. The molecule has 6 heteroatoms. The Morgan fingerprint density at radius 3 is 2.86 bits per heavy atom. The van der Waals surface area contributed by atoms with Crippen LogP contribution in [0.1, 0.15) is 0 Å². The number of halogens is 1. The molecule has 2 aliphatic heterocycles. The van der Waals surface area contributed by atoms with E-state index in [0.717, 1.165) is 41.6 Å². The SMILES string of the molecule is O=S1CCN(C2=NCC(CBr)S2)CC1. The molecule has 0 aromatic heterocycles. The van der Waals surface area contributed by atoms with Crippen molar-refractivity contribution >= 4 is 43.7 Å². The molecule has 0 aromatic rings. The Balaban J connectivity index is 1.88. The van der Waals surface area contributed by atoms with E-state index in [1.165, 1.54) is 0 Å². The summed E-state index contributed by atoms with van der Waals surface area (Å²) in [6, 6.07) is 0. The Labute approximate surface area is 99.3 Å². The van der Waals surface area contributed by atoms with E-state index in [0.29, 0.717) is 5.25 Å². The fraction of sp³-hybridized carbons (Fsp3) is 0.875. The van der Waals surface area contributed by atoms with E-state index in [1.54, 1.807) is 0 Å². The second-order valence-corrected chi connectivity index (χ2v) is 6.96. The molecule has 2 heterocycles. The predicted octanol–water partition coefficient (Wildman–Crippen LogP) is 0.917. The third kappa shape index (κ3) is 2.52. The van der Waals surface area contributed by atoms with Gasteiger partial charge in [0.05, 0.1) is 6.54 Å². The first-order valence-corrected chi connectivity index (χ1v) is 8.15. The minimum absolute atomic E-state index is 0.587. The van der Waals surface area contributed by atoms with Crippen LogP contribution in [0.2, 0.25) is 0 Å². The Morgan fingerprint density at radius 1 is 1.57 bits per heavy atom. The minimum Gasteiger partial charge on any atom is -0.350 e. The number of thioether (sulfide) groups is 1. The highest BCUT2D eigenvalue weighted by Gasteiger charge is 2.25. The highest BCUT2D eigenvalue weighted by atomic mass is 79.9. The van der Waals surface area contributed by atoms with Crippen LogP contribution in [0.5, 0.6) is 0 Å².